The highest BCUT2D eigenvalue weighted by molar-refractivity contribution is 7.92. The molecule has 0 aromatic heterocycles. The van der Waals surface area contributed by atoms with Crippen molar-refractivity contribution in [3.63, 3.8) is 0 Å². The normalized spacial score (nSPS) is 14.2. The molecule has 0 spiro atoms. The Labute approximate surface area is 276 Å². The van der Waals surface area contributed by atoms with E-state index >= 15 is 0 Å². The molecule has 0 aliphatic heterocycles. The van der Waals surface area contributed by atoms with Gasteiger partial charge in [-0.2, -0.15) is 0 Å². The van der Waals surface area contributed by atoms with Gasteiger partial charge < -0.3 is 24.4 Å². The number of carbonyl (C=O) groups excluding carboxylic acids is 2. The largest absolute Gasteiger partial charge is 0.495 e. The van der Waals surface area contributed by atoms with Crippen molar-refractivity contribution in [2.75, 3.05) is 32.2 Å². The van der Waals surface area contributed by atoms with Crippen LogP contribution >= 0.6 is 11.6 Å². The molecule has 0 radical (unpaired) electrons. The molecule has 3 aromatic carbocycles. The third kappa shape index (κ3) is 8.24. The Morgan fingerprint density at radius 1 is 0.913 bits per heavy atom. The summed E-state index contributed by atoms with van der Waals surface area (Å²) in [6, 6.07) is 15.5. The molecular formula is C34H42ClN3O7S. The molecule has 0 unspecified atom stereocenters. The summed E-state index contributed by atoms with van der Waals surface area (Å²) in [6.07, 6.45) is 4.98. The maximum Gasteiger partial charge on any atom is 0.265 e. The van der Waals surface area contributed by atoms with Gasteiger partial charge in [0.2, 0.25) is 11.8 Å². The second-order valence-electron chi connectivity index (χ2n) is 11.4. The number of ether oxygens (including phenoxy) is 3. The minimum Gasteiger partial charge on any atom is -0.495 e. The first-order chi connectivity index (χ1) is 22.0. The number of anilines is 1. The number of hydrogen-bond donors (Lipinski definition) is 1. The standard InChI is InChI=1S/C34H42ClN3O7S/c1-23-10-9-11-25(18-23)21-37(24(2)34(40)36-27-12-7-6-8-13-27)33(39)22-38(29-19-26(35)14-16-30(29)43-3)46(41,42)28-15-17-31(44-4)32(20-28)45-5/h9-11,14-20,24,27H,6-8,12-13,21-22H2,1-5H3,(H,36,40)/t24-/m0/s1. The zero-order valence-corrected chi connectivity index (χ0v) is 28.5. The molecule has 1 fully saturated rings. The van der Waals surface area contributed by atoms with Crippen LogP contribution in [0, 0.1) is 6.92 Å². The van der Waals surface area contributed by atoms with Gasteiger partial charge in [-0.15, -0.1) is 0 Å². The lowest BCUT2D eigenvalue weighted by atomic mass is 9.95. The van der Waals surface area contributed by atoms with Gasteiger partial charge in [-0.3, -0.25) is 13.9 Å². The summed E-state index contributed by atoms with van der Waals surface area (Å²) in [4.78, 5) is 29.2. The summed E-state index contributed by atoms with van der Waals surface area (Å²) in [5, 5.41) is 3.36. The SMILES string of the molecule is COc1ccc(S(=O)(=O)N(CC(=O)N(Cc2cccc(C)c2)[C@@H](C)C(=O)NC2CCCCC2)c2cc(Cl)ccc2OC)cc1OC. The second-order valence-corrected chi connectivity index (χ2v) is 13.7. The number of amides is 2. The highest BCUT2D eigenvalue weighted by Gasteiger charge is 2.35. The number of rotatable bonds is 13. The summed E-state index contributed by atoms with van der Waals surface area (Å²) in [6.45, 7) is 3.06. The summed E-state index contributed by atoms with van der Waals surface area (Å²) >= 11 is 6.35. The van der Waals surface area contributed by atoms with Gasteiger partial charge in [0.15, 0.2) is 11.5 Å². The number of methoxy groups -OCH3 is 3. The van der Waals surface area contributed by atoms with Gasteiger partial charge in [-0.25, -0.2) is 8.42 Å². The van der Waals surface area contributed by atoms with E-state index < -0.39 is 28.5 Å². The zero-order chi connectivity index (χ0) is 33.4. The minimum atomic E-state index is -4.43. The van der Waals surface area contributed by atoms with Crippen LogP contribution in [0.25, 0.3) is 0 Å². The van der Waals surface area contributed by atoms with E-state index in [4.69, 9.17) is 25.8 Å². The smallest absolute Gasteiger partial charge is 0.265 e. The van der Waals surface area contributed by atoms with Crippen LogP contribution in [0.5, 0.6) is 17.2 Å². The van der Waals surface area contributed by atoms with Crippen molar-refractivity contribution in [3.05, 3.63) is 76.8 Å². The van der Waals surface area contributed by atoms with Gasteiger partial charge in [0.05, 0.1) is 31.9 Å². The van der Waals surface area contributed by atoms with Gasteiger partial charge in [0, 0.05) is 23.7 Å². The number of nitrogens with one attached hydrogen (secondary N) is 1. The van der Waals surface area contributed by atoms with Crippen LogP contribution in [0.2, 0.25) is 5.02 Å². The maximum absolute atomic E-state index is 14.4. The Morgan fingerprint density at radius 2 is 1.59 bits per heavy atom. The number of nitrogens with zero attached hydrogens (tertiary/aromatic N) is 2. The fraction of sp³-hybridized carbons (Fsp3) is 0.412. The van der Waals surface area contributed by atoms with Crippen molar-refractivity contribution in [3.8, 4) is 17.2 Å². The van der Waals surface area contributed by atoms with Crippen LogP contribution in [-0.4, -0.2) is 65.1 Å². The first-order valence-electron chi connectivity index (χ1n) is 15.2. The molecule has 1 aliphatic rings. The average molecular weight is 672 g/mol. The fourth-order valence-corrected chi connectivity index (χ4v) is 7.23. The van der Waals surface area contributed by atoms with Crippen molar-refractivity contribution in [2.24, 2.45) is 0 Å². The molecule has 3 aromatic rings. The predicted molar refractivity (Wildman–Crippen MR) is 178 cm³/mol. The first kappa shape index (κ1) is 34.9. The van der Waals surface area contributed by atoms with Gasteiger partial charge in [0.25, 0.3) is 10.0 Å². The maximum atomic E-state index is 14.4. The van der Waals surface area contributed by atoms with Gasteiger partial charge in [-0.1, -0.05) is 60.7 Å². The lowest BCUT2D eigenvalue weighted by Gasteiger charge is -2.33. The molecule has 248 valence electrons. The number of aryl methyl sites for hydroxylation is 1. The molecule has 4 rings (SSSR count). The Hall–Kier alpha value is -3.96. The summed E-state index contributed by atoms with van der Waals surface area (Å²) in [5.41, 5.74) is 1.86. The third-order valence-electron chi connectivity index (χ3n) is 8.19. The van der Waals surface area contributed by atoms with E-state index in [1.807, 2.05) is 31.2 Å². The first-order valence-corrected chi connectivity index (χ1v) is 17.0. The van der Waals surface area contributed by atoms with Gasteiger partial charge >= 0.3 is 0 Å². The molecule has 0 bridgehead atoms. The highest BCUT2D eigenvalue weighted by Crippen LogP contribution is 2.37. The van der Waals surface area contributed by atoms with E-state index in [-0.39, 0.29) is 45.6 Å². The molecule has 0 saturated heterocycles. The number of carbonyl (C=O) groups is 2. The summed E-state index contributed by atoms with van der Waals surface area (Å²) < 4.78 is 45.9. The van der Waals surface area contributed by atoms with E-state index in [0.29, 0.717) is 5.75 Å². The molecule has 1 N–H and O–H groups in total. The Morgan fingerprint density at radius 3 is 2.24 bits per heavy atom. The Bertz CT molecular complexity index is 1640. The van der Waals surface area contributed by atoms with E-state index in [0.717, 1.165) is 47.5 Å². The third-order valence-corrected chi connectivity index (χ3v) is 10.2. The molecule has 46 heavy (non-hydrogen) atoms. The molecule has 1 aliphatic carbocycles. The molecule has 12 heteroatoms. The van der Waals surface area contributed by atoms with Crippen molar-refractivity contribution >= 4 is 39.1 Å². The van der Waals surface area contributed by atoms with Crippen LogP contribution in [0.3, 0.4) is 0 Å². The number of benzene rings is 3. The van der Waals surface area contributed by atoms with Crippen molar-refractivity contribution in [2.45, 2.75) is 69.5 Å². The van der Waals surface area contributed by atoms with Gasteiger partial charge in [0.1, 0.15) is 18.3 Å². The van der Waals surface area contributed by atoms with Crippen LogP contribution in [0.15, 0.2) is 65.6 Å². The monoisotopic (exact) mass is 671 g/mol. The minimum absolute atomic E-state index is 0.0391. The molecular weight excluding hydrogens is 630 g/mol. The summed E-state index contributed by atoms with van der Waals surface area (Å²) in [5.74, 6) is -0.149. The average Bonchev–Trinajstić information content (AvgIpc) is 3.05. The lowest BCUT2D eigenvalue weighted by Crippen LogP contribution is -2.53. The molecule has 1 saturated carbocycles. The number of sulfonamides is 1. The quantitative estimate of drug-likeness (QED) is 0.247. The van der Waals surface area contributed by atoms with Crippen LogP contribution < -0.4 is 23.8 Å². The van der Waals surface area contributed by atoms with Crippen LogP contribution in [0.1, 0.15) is 50.2 Å². The van der Waals surface area contributed by atoms with E-state index in [1.54, 1.807) is 13.0 Å². The lowest BCUT2D eigenvalue weighted by molar-refractivity contribution is -0.139. The molecule has 10 nitrogen and oxygen atoms in total. The van der Waals surface area contributed by atoms with Crippen molar-refractivity contribution in [1.82, 2.24) is 10.2 Å². The van der Waals surface area contributed by atoms with Gasteiger partial charge in [-0.05, 0) is 62.6 Å². The molecule has 0 heterocycles. The predicted octanol–water partition coefficient (Wildman–Crippen LogP) is 5.74. The Kier molecular flexibility index (Phi) is 11.8. The van der Waals surface area contributed by atoms with Crippen LogP contribution in [-0.2, 0) is 26.2 Å². The number of halogens is 1. The fourth-order valence-electron chi connectivity index (χ4n) is 5.63. The molecule has 2 amide bonds. The highest BCUT2D eigenvalue weighted by atomic mass is 35.5. The summed E-state index contributed by atoms with van der Waals surface area (Å²) in [7, 11) is -0.179. The topological polar surface area (TPSA) is 114 Å². The Balaban J connectivity index is 1.77. The van der Waals surface area contributed by atoms with E-state index in [9.17, 15) is 18.0 Å². The molecule has 1 atom stereocenters. The van der Waals surface area contributed by atoms with E-state index in [2.05, 4.69) is 5.32 Å². The zero-order valence-electron chi connectivity index (χ0n) is 26.9. The van der Waals surface area contributed by atoms with Crippen molar-refractivity contribution < 1.29 is 32.2 Å². The van der Waals surface area contributed by atoms with Crippen molar-refractivity contribution in [1.29, 1.82) is 0 Å². The number of hydrogen-bond acceptors (Lipinski definition) is 7. The second kappa shape index (κ2) is 15.6. The van der Waals surface area contributed by atoms with Crippen LogP contribution in [0.4, 0.5) is 5.69 Å². The van der Waals surface area contributed by atoms with E-state index in [1.165, 1.54) is 56.6 Å².